The topological polar surface area (TPSA) is 111 Å². The van der Waals surface area contributed by atoms with E-state index >= 15 is 0 Å². The third kappa shape index (κ3) is 3.09. The fraction of sp³-hybridized carbons (Fsp3) is 0.222. The van der Waals surface area contributed by atoms with Gasteiger partial charge in [-0.3, -0.25) is 14.6 Å². The number of thiol groups is 1. The van der Waals surface area contributed by atoms with E-state index in [2.05, 4.69) is 37.6 Å². The molecule has 8 nitrogen and oxygen atoms in total. The van der Waals surface area contributed by atoms with Gasteiger partial charge < -0.3 is 10.5 Å². The van der Waals surface area contributed by atoms with E-state index in [1.807, 2.05) is 0 Å². The van der Waals surface area contributed by atoms with Crippen LogP contribution in [0.15, 0.2) is 6.20 Å². The van der Waals surface area contributed by atoms with Crippen LogP contribution in [-0.4, -0.2) is 32.5 Å². The van der Waals surface area contributed by atoms with E-state index in [1.54, 1.807) is 0 Å². The van der Waals surface area contributed by atoms with Crippen LogP contribution in [0.3, 0.4) is 0 Å². The van der Waals surface area contributed by atoms with Crippen molar-refractivity contribution >= 4 is 36.1 Å². The van der Waals surface area contributed by atoms with Gasteiger partial charge >= 0.3 is 6.61 Å². The predicted octanol–water partition coefficient (Wildman–Crippen LogP) is 1.14. The lowest BCUT2D eigenvalue weighted by Gasteiger charge is -2.02. The first kappa shape index (κ1) is 15.5. The largest absolute Gasteiger partial charge is 0.383 e. The van der Waals surface area contributed by atoms with Gasteiger partial charge in [-0.1, -0.05) is 24.4 Å². The van der Waals surface area contributed by atoms with Crippen LogP contribution in [-0.2, 0) is 11.3 Å². The molecule has 114 valence electrons. The van der Waals surface area contributed by atoms with Gasteiger partial charge in [0.25, 0.3) is 5.91 Å². The lowest BCUT2D eigenvalue weighted by Crippen LogP contribution is -2.14. The molecule has 0 radical (unpaired) electrons. The second kappa shape index (κ2) is 6.28. The van der Waals surface area contributed by atoms with E-state index < -0.39 is 19.1 Å². The van der Waals surface area contributed by atoms with Crippen molar-refractivity contribution in [2.75, 3.05) is 5.73 Å². The zero-order valence-corrected chi connectivity index (χ0v) is 11.8. The van der Waals surface area contributed by atoms with E-state index in [1.165, 1.54) is 6.20 Å². The molecule has 2 heterocycles. The fourth-order valence-corrected chi connectivity index (χ4v) is 1.84. The number of anilines is 1. The average Bonchev–Trinajstić information content (AvgIpc) is 2.99. The molecule has 0 atom stereocenters. The van der Waals surface area contributed by atoms with Gasteiger partial charge in [0.15, 0.2) is 5.82 Å². The fourth-order valence-electron chi connectivity index (χ4n) is 1.50. The molecule has 12 heteroatoms. The molecule has 0 aromatic carbocycles. The Kier molecular flexibility index (Phi) is 4.65. The number of hydrogen-bond acceptors (Lipinski definition) is 6. The summed E-state index contributed by atoms with van der Waals surface area (Å²) >= 11 is 9.60. The first-order valence-electron chi connectivity index (χ1n) is 5.36. The summed E-state index contributed by atoms with van der Waals surface area (Å²) in [5.74, 6) is -0.536. The first-order valence-corrected chi connectivity index (χ1v) is 6.19. The number of nitrogens with zero attached hydrogens (tertiary/aromatic N) is 3. The number of amides is 1. The Labute approximate surface area is 127 Å². The standard InChI is InChI=1S/C9H9ClF2N6O2S/c10-5-4(2-20-9(11)12)15-16-7(5)18-6(13)3(1-14-18)8(19)17-21/h1,9,21H,2,13H2,(H,15,16)(H,17,19). The predicted molar refractivity (Wildman–Crippen MR) is 72.4 cm³/mol. The highest BCUT2D eigenvalue weighted by molar-refractivity contribution is 7.78. The van der Waals surface area contributed by atoms with Crippen LogP contribution in [0.1, 0.15) is 16.1 Å². The third-order valence-electron chi connectivity index (χ3n) is 2.46. The van der Waals surface area contributed by atoms with E-state index in [0.29, 0.717) is 0 Å². The van der Waals surface area contributed by atoms with Crippen molar-refractivity contribution in [2.45, 2.75) is 13.2 Å². The molecular formula is C9H9ClF2N6O2S. The zero-order valence-electron chi connectivity index (χ0n) is 10.2. The van der Waals surface area contributed by atoms with E-state index in [9.17, 15) is 13.6 Å². The number of hydrogen-bond donors (Lipinski definition) is 4. The van der Waals surface area contributed by atoms with E-state index in [4.69, 9.17) is 17.3 Å². The maximum atomic E-state index is 12.0. The summed E-state index contributed by atoms with van der Waals surface area (Å²) in [6.07, 6.45) is 1.20. The summed E-state index contributed by atoms with van der Waals surface area (Å²) in [5, 5.41) is 10.1. The van der Waals surface area contributed by atoms with E-state index in [-0.39, 0.29) is 27.9 Å². The Bertz CT molecular complexity index is 661. The van der Waals surface area contributed by atoms with E-state index in [0.717, 1.165) is 4.68 Å². The molecule has 2 aromatic heterocycles. The third-order valence-corrected chi connectivity index (χ3v) is 3.07. The maximum absolute atomic E-state index is 12.0. The number of H-pyrrole nitrogens is 1. The van der Waals surface area contributed by atoms with Crippen molar-refractivity contribution in [2.24, 2.45) is 0 Å². The lowest BCUT2D eigenvalue weighted by molar-refractivity contribution is -0.137. The highest BCUT2D eigenvalue weighted by atomic mass is 35.5. The lowest BCUT2D eigenvalue weighted by atomic mass is 10.3. The molecule has 0 saturated carbocycles. The number of ether oxygens (including phenoxy) is 1. The molecule has 2 rings (SSSR count). The van der Waals surface area contributed by atoms with Crippen molar-refractivity contribution in [3.63, 3.8) is 0 Å². The minimum Gasteiger partial charge on any atom is -0.383 e. The minimum atomic E-state index is -2.94. The number of alkyl halides is 2. The summed E-state index contributed by atoms with van der Waals surface area (Å²) in [6.45, 7) is -3.40. The number of nitrogen functional groups attached to an aromatic ring is 1. The molecule has 0 aliphatic heterocycles. The van der Waals surface area contributed by atoms with Gasteiger partial charge in [-0.2, -0.15) is 23.7 Å². The Morgan fingerprint density at radius 1 is 1.67 bits per heavy atom. The SMILES string of the molecule is Nc1c(C(=O)NS)cnn1-c1n[nH]c(COC(F)F)c1Cl. The number of nitrogens with two attached hydrogens (primary N) is 1. The summed E-state index contributed by atoms with van der Waals surface area (Å²) in [7, 11) is 0. The Hall–Kier alpha value is -1.85. The van der Waals surface area contributed by atoms with Gasteiger partial charge in [-0.25, -0.2) is 0 Å². The number of halogens is 3. The molecular weight excluding hydrogens is 330 g/mol. The Morgan fingerprint density at radius 3 is 3.00 bits per heavy atom. The number of rotatable bonds is 5. The number of nitrogens with one attached hydrogen (secondary N) is 2. The molecule has 21 heavy (non-hydrogen) atoms. The van der Waals surface area contributed by atoms with Crippen LogP contribution >= 0.6 is 24.4 Å². The summed E-state index contributed by atoms with van der Waals surface area (Å²) < 4.78 is 31.3. The molecule has 0 bridgehead atoms. The van der Waals surface area contributed by atoms with Crippen LogP contribution < -0.4 is 10.5 Å². The highest BCUT2D eigenvalue weighted by Gasteiger charge is 2.20. The number of aromatic nitrogens is 4. The molecule has 2 aromatic rings. The average molecular weight is 339 g/mol. The van der Waals surface area contributed by atoms with Gasteiger partial charge in [0.2, 0.25) is 0 Å². The van der Waals surface area contributed by atoms with Crippen molar-refractivity contribution in [3.05, 3.63) is 22.5 Å². The van der Waals surface area contributed by atoms with Crippen LogP contribution in [0, 0.1) is 0 Å². The number of aromatic amines is 1. The van der Waals surface area contributed by atoms with Crippen molar-refractivity contribution < 1.29 is 18.3 Å². The van der Waals surface area contributed by atoms with Gasteiger partial charge in [-0.05, 0) is 0 Å². The molecule has 0 fully saturated rings. The molecule has 1 amide bonds. The summed E-state index contributed by atoms with van der Waals surface area (Å²) in [4.78, 5) is 11.5. The normalized spacial score (nSPS) is 11.1. The van der Waals surface area contributed by atoms with Crippen molar-refractivity contribution in [1.82, 2.24) is 24.7 Å². The second-order valence-corrected chi connectivity index (χ2v) is 4.31. The molecule has 4 N–H and O–H groups in total. The number of carbonyl (C=O) groups is 1. The minimum absolute atomic E-state index is 0.00304. The zero-order chi connectivity index (χ0) is 15.6. The quantitative estimate of drug-likeness (QED) is 0.611. The first-order chi connectivity index (χ1) is 9.95. The molecule has 0 saturated heterocycles. The van der Waals surface area contributed by atoms with Gasteiger partial charge in [0.1, 0.15) is 16.4 Å². The summed E-state index contributed by atoms with van der Waals surface area (Å²) in [6, 6.07) is 0. The second-order valence-electron chi connectivity index (χ2n) is 3.71. The van der Waals surface area contributed by atoms with Crippen molar-refractivity contribution in [1.29, 1.82) is 0 Å². The van der Waals surface area contributed by atoms with Crippen LogP contribution in [0.4, 0.5) is 14.6 Å². The maximum Gasteiger partial charge on any atom is 0.345 e. The molecule has 0 aliphatic rings. The number of carbonyl (C=O) groups excluding carboxylic acids is 1. The Morgan fingerprint density at radius 2 is 2.38 bits per heavy atom. The van der Waals surface area contributed by atoms with Gasteiger partial charge in [-0.15, -0.1) is 0 Å². The molecule has 0 aliphatic carbocycles. The summed E-state index contributed by atoms with van der Waals surface area (Å²) in [5.41, 5.74) is 5.95. The van der Waals surface area contributed by atoms with Gasteiger partial charge in [0.05, 0.1) is 18.5 Å². The van der Waals surface area contributed by atoms with Gasteiger partial charge in [0, 0.05) is 0 Å². The molecule has 0 unspecified atom stereocenters. The monoisotopic (exact) mass is 338 g/mol. The van der Waals surface area contributed by atoms with Crippen LogP contribution in [0.25, 0.3) is 5.82 Å². The smallest absolute Gasteiger partial charge is 0.345 e. The highest BCUT2D eigenvalue weighted by Crippen LogP contribution is 2.25. The van der Waals surface area contributed by atoms with Crippen molar-refractivity contribution in [3.8, 4) is 5.82 Å². The molecule has 0 spiro atoms. The van der Waals surface area contributed by atoms with Crippen LogP contribution in [0.2, 0.25) is 5.02 Å². The Balaban J connectivity index is 2.31. The van der Waals surface area contributed by atoms with Crippen LogP contribution in [0.5, 0.6) is 0 Å².